The maximum absolute atomic E-state index is 2.41. The van der Waals surface area contributed by atoms with Crippen LogP contribution in [0.5, 0.6) is 0 Å². The van der Waals surface area contributed by atoms with Gasteiger partial charge < -0.3 is 18.3 Å². The van der Waals surface area contributed by atoms with Crippen molar-refractivity contribution in [2.24, 2.45) is 0 Å². The molecule has 0 aliphatic heterocycles. The van der Waals surface area contributed by atoms with Gasteiger partial charge in [0.25, 0.3) is 0 Å². The summed E-state index contributed by atoms with van der Waals surface area (Å²) in [5, 5.41) is 12.8. The van der Waals surface area contributed by atoms with Crippen LogP contribution in [0.2, 0.25) is 0 Å². The number of benzene rings is 13. The molecule has 0 aliphatic rings. The molecule has 0 fully saturated rings. The van der Waals surface area contributed by atoms with E-state index in [0.29, 0.717) is 0 Å². The molecule has 402 valence electrons. The van der Waals surface area contributed by atoms with E-state index in [2.05, 4.69) is 322 Å². The highest BCUT2D eigenvalue weighted by Crippen LogP contribution is 2.42. The van der Waals surface area contributed by atoms with Crippen molar-refractivity contribution in [3.8, 4) is 45.0 Å². The fraction of sp³-hybridized carbons (Fsp3) is 0.0250. The van der Waals surface area contributed by atoms with Crippen LogP contribution in [0.15, 0.2) is 303 Å². The average Bonchev–Trinajstić information content (AvgIpc) is 4.40. The van der Waals surface area contributed by atoms with Crippen LogP contribution in [0.25, 0.3) is 152 Å². The summed E-state index contributed by atoms with van der Waals surface area (Å²) in [6, 6.07) is 110. The summed E-state index contributed by atoms with van der Waals surface area (Å²) in [7, 11) is 0. The van der Waals surface area contributed by atoms with Crippen molar-refractivity contribution in [1.29, 1.82) is 0 Å². The number of para-hydroxylation sites is 6. The van der Waals surface area contributed by atoms with Crippen LogP contribution in [0.4, 0.5) is 0 Å². The molecule has 0 bridgehead atoms. The first-order valence-corrected chi connectivity index (χ1v) is 30.2. The molecular formula is C80H56N4S. The Labute approximate surface area is 496 Å². The summed E-state index contributed by atoms with van der Waals surface area (Å²) < 4.78 is 12.3. The van der Waals surface area contributed by atoms with Gasteiger partial charge in [0.15, 0.2) is 0 Å². The molecular weight excluding hydrogens is 1050 g/mol. The zero-order valence-corrected chi connectivity index (χ0v) is 47.9. The maximum atomic E-state index is 2.41. The SMILES string of the molecule is CC.c1ccc(-c2ccc3c(c2)c2ccccc2n3-c2cccc(-n3c4ccccc4c4cc(-c5ccccc5)ccc43)c2)cc1.c1ccc2c(c1)c1ccccc1n2-c1ccc2sc3ccc(-n4c5ccccc5c5ccccc54)cc3c2c1. The number of nitrogens with zero attached hydrogens (tertiary/aromatic N) is 4. The molecule has 0 saturated carbocycles. The van der Waals surface area contributed by atoms with Gasteiger partial charge in [0.2, 0.25) is 0 Å². The van der Waals surface area contributed by atoms with Crippen LogP contribution >= 0.6 is 11.3 Å². The standard InChI is InChI=1S/C42H28N2.C36H22N2S.C2H6/c1-3-12-29(13-4-1)31-22-24-41-37(26-31)35-18-7-9-20-39(35)43(41)33-16-11-17-34(28-33)44-40-21-10-8-19-36(40)38-27-32(23-25-42(38)44)30-14-5-2-6-15-30;1-5-13-31-25(9-1)26-10-2-6-14-32(26)37(31)23-17-19-35-29(21-23)30-22-24(18-20-36(30)39-35)38-33-15-7-3-11-27(33)28-12-4-8-16-34(28)38;1-2/h1-28H;1-22H;1-2H3. The molecule has 0 aliphatic carbocycles. The van der Waals surface area contributed by atoms with Gasteiger partial charge >= 0.3 is 0 Å². The third-order valence-electron chi connectivity index (χ3n) is 17.0. The van der Waals surface area contributed by atoms with Crippen LogP contribution in [0.1, 0.15) is 13.8 Å². The molecule has 13 aromatic carbocycles. The lowest BCUT2D eigenvalue weighted by Crippen LogP contribution is -1.98. The zero-order chi connectivity index (χ0) is 56.5. The van der Waals surface area contributed by atoms with E-state index in [0.717, 1.165) is 11.4 Å². The molecule has 85 heavy (non-hydrogen) atoms. The first kappa shape index (κ1) is 50.0. The van der Waals surface area contributed by atoms with E-state index in [1.54, 1.807) is 0 Å². The Hall–Kier alpha value is -10.7. The average molecular weight is 1110 g/mol. The lowest BCUT2D eigenvalue weighted by molar-refractivity contribution is 1.13. The summed E-state index contributed by atoms with van der Waals surface area (Å²) >= 11 is 1.87. The summed E-state index contributed by atoms with van der Waals surface area (Å²) in [6.45, 7) is 4.00. The van der Waals surface area contributed by atoms with E-state index < -0.39 is 0 Å². The number of fused-ring (bicyclic) bond motifs is 15. The molecule has 4 nitrogen and oxygen atoms in total. The van der Waals surface area contributed by atoms with Crippen molar-refractivity contribution in [3.05, 3.63) is 303 Å². The lowest BCUT2D eigenvalue weighted by Gasteiger charge is -2.13. The van der Waals surface area contributed by atoms with Crippen molar-refractivity contribution < 1.29 is 0 Å². The first-order valence-electron chi connectivity index (χ1n) is 29.4. The van der Waals surface area contributed by atoms with Gasteiger partial charge in [-0.25, -0.2) is 0 Å². The molecule has 18 rings (SSSR count). The van der Waals surface area contributed by atoms with Crippen molar-refractivity contribution in [3.63, 3.8) is 0 Å². The molecule has 0 saturated heterocycles. The van der Waals surface area contributed by atoms with Gasteiger partial charge in [0.1, 0.15) is 0 Å². The lowest BCUT2D eigenvalue weighted by atomic mass is 10.0. The van der Waals surface area contributed by atoms with Crippen molar-refractivity contribution >= 4 is 119 Å². The largest absolute Gasteiger partial charge is 0.309 e. The van der Waals surface area contributed by atoms with Crippen molar-refractivity contribution in [2.75, 3.05) is 0 Å². The number of thiophene rings is 1. The van der Waals surface area contributed by atoms with Crippen LogP contribution in [-0.2, 0) is 0 Å². The Morgan fingerprint density at radius 1 is 0.188 bits per heavy atom. The van der Waals surface area contributed by atoms with Gasteiger partial charge in [-0.3, -0.25) is 0 Å². The fourth-order valence-electron chi connectivity index (χ4n) is 13.3. The topological polar surface area (TPSA) is 19.7 Å². The smallest absolute Gasteiger partial charge is 0.0541 e. The molecule has 0 radical (unpaired) electrons. The molecule has 0 spiro atoms. The highest BCUT2D eigenvalue weighted by molar-refractivity contribution is 7.25. The minimum absolute atomic E-state index is 1.15. The van der Waals surface area contributed by atoms with E-state index in [9.17, 15) is 0 Å². The van der Waals surface area contributed by atoms with Gasteiger partial charge in [-0.05, 0) is 138 Å². The van der Waals surface area contributed by atoms with Crippen LogP contribution in [-0.4, -0.2) is 18.3 Å². The zero-order valence-electron chi connectivity index (χ0n) is 47.1. The van der Waals surface area contributed by atoms with E-state index in [1.165, 1.54) is 141 Å². The third-order valence-corrected chi connectivity index (χ3v) is 18.2. The monoisotopic (exact) mass is 1100 g/mol. The predicted octanol–water partition coefficient (Wildman–Crippen LogP) is 22.5. The van der Waals surface area contributed by atoms with Crippen LogP contribution in [0, 0.1) is 0 Å². The summed E-state index contributed by atoms with van der Waals surface area (Å²) in [5.74, 6) is 0. The fourth-order valence-corrected chi connectivity index (χ4v) is 14.4. The molecule has 0 N–H and O–H groups in total. The normalized spacial score (nSPS) is 11.6. The van der Waals surface area contributed by atoms with E-state index in [-0.39, 0.29) is 0 Å². The minimum Gasteiger partial charge on any atom is -0.309 e. The third kappa shape index (κ3) is 8.19. The number of hydrogen-bond acceptors (Lipinski definition) is 1. The highest BCUT2D eigenvalue weighted by Gasteiger charge is 2.19. The summed E-state index contributed by atoms with van der Waals surface area (Å²) in [6.07, 6.45) is 0. The van der Waals surface area contributed by atoms with Crippen LogP contribution < -0.4 is 0 Å². The van der Waals surface area contributed by atoms with Gasteiger partial charge in [-0.2, -0.15) is 0 Å². The molecule has 0 unspecified atom stereocenters. The molecule has 0 amide bonds. The second-order valence-electron chi connectivity index (χ2n) is 21.6. The Balaban J connectivity index is 0.000000135. The molecule has 5 heterocycles. The quantitative estimate of drug-likeness (QED) is 0.158. The molecule has 5 aromatic heterocycles. The minimum atomic E-state index is 1.15. The first-order chi connectivity index (χ1) is 42.2. The molecule has 0 atom stereocenters. The maximum Gasteiger partial charge on any atom is 0.0541 e. The Bertz CT molecular complexity index is 5130. The Morgan fingerprint density at radius 2 is 0.471 bits per heavy atom. The number of aromatic nitrogens is 4. The second kappa shape index (κ2) is 20.6. The van der Waals surface area contributed by atoms with E-state index in [4.69, 9.17) is 0 Å². The van der Waals surface area contributed by atoms with Crippen LogP contribution in [0.3, 0.4) is 0 Å². The van der Waals surface area contributed by atoms with E-state index >= 15 is 0 Å². The number of rotatable bonds is 6. The summed E-state index contributed by atoms with van der Waals surface area (Å²) in [4.78, 5) is 0. The highest BCUT2D eigenvalue weighted by atomic mass is 32.1. The van der Waals surface area contributed by atoms with Gasteiger partial charge in [0, 0.05) is 86.0 Å². The van der Waals surface area contributed by atoms with Crippen molar-refractivity contribution in [2.45, 2.75) is 13.8 Å². The Kier molecular flexibility index (Phi) is 12.1. The molecule has 18 aromatic rings. The van der Waals surface area contributed by atoms with Gasteiger partial charge in [-0.1, -0.05) is 202 Å². The predicted molar refractivity (Wildman–Crippen MR) is 365 cm³/mol. The van der Waals surface area contributed by atoms with Gasteiger partial charge in [-0.15, -0.1) is 11.3 Å². The molecule has 5 heteroatoms. The van der Waals surface area contributed by atoms with E-state index in [1.807, 2.05) is 25.2 Å². The second-order valence-corrected chi connectivity index (χ2v) is 22.7. The van der Waals surface area contributed by atoms with Gasteiger partial charge in [0.05, 0.1) is 44.1 Å². The van der Waals surface area contributed by atoms with Crippen molar-refractivity contribution in [1.82, 2.24) is 18.3 Å². The Morgan fingerprint density at radius 3 is 0.812 bits per heavy atom. The summed E-state index contributed by atoms with van der Waals surface area (Å²) in [5.41, 5.74) is 19.4. The number of hydrogen-bond donors (Lipinski definition) is 0.